The van der Waals surface area contributed by atoms with Crippen molar-refractivity contribution in [2.24, 2.45) is 67.1 Å². The normalized spacial score (nSPS) is 12.1. The van der Waals surface area contributed by atoms with Gasteiger partial charge in [-0.25, -0.2) is 27.6 Å². The van der Waals surface area contributed by atoms with Crippen LogP contribution in [0.5, 0.6) is 0 Å². The number of guanidine groups is 3. The number of hydrogen-bond donors (Lipinski definition) is 16. The Morgan fingerprint density at radius 3 is 1.14 bits per heavy atom. The van der Waals surface area contributed by atoms with Gasteiger partial charge in [0.25, 0.3) is 6.01 Å². The number of oxazole rings is 1. The number of nitrogens with two attached hydrogens (primary N) is 6. The molecule has 0 radical (unpaired) electrons. The highest BCUT2D eigenvalue weighted by atomic mass is 35.5. The van der Waals surface area contributed by atoms with Crippen LogP contribution in [0.3, 0.4) is 0 Å². The smallest absolute Gasteiger partial charge is 0.354 e. The molecular formula is C104H122Cl3F3N30O4. The van der Waals surface area contributed by atoms with Crippen molar-refractivity contribution in [2.75, 3.05) is 55.2 Å². The monoisotopic (exact) mass is 2020 g/mol. The fourth-order valence-corrected chi connectivity index (χ4v) is 17.2. The molecule has 0 amide bonds. The number of H-pyrrole nitrogens is 4. The summed E-state index contributed by atoms with van der Waals surface area (Å²) in [4.78, 5) is 90.6. The van der Waals surface area contributed by atoms with Crippen LogP contribution in [0.1, 0.15) is 139 Å². The summed E-state index contributed by atoms with van der Waals surface area (Å²) < 4.78 is 55.7. The predicted octanol–water partition coefficient (Wildman–Crippen LogP) is 16.5. The molecule has 0 aliphatic rings. The molecule has 0 spiro atoms. The first-order chi connectivity index (χ1) is 69.3. The molecule has 0 aliphatic carbocycles. The Bertz CT molecular complexity index is 7250. The summed E-state index contributed by atoms with van der Waals surface area (Å²) in [5.41, 5.74) is 45.6. The van der Waals surface area contributed by atoms with Crippen LogP contribution < -0.4 is 83.4 Å². The highest BCUT2D eigenvalue weighted by Crippen LogP contribution is 2.36. The molecule has 34 nitrogen and oxygen atoms in total. The highest BCUT2D eigenvalue weighted by molar-refractivity contribution is 6.32. The average molecular weight is 2020 g/mol. The zero-order chi connectivity index (χ0) is 102. The number of halogens is 6. The Morgan fingerprint density at radius 2 is 0.799 bits per heavy atom. The van der Waals surface area contributed by atoms with E-state index in [0.29, 0.717) is 196 Å². The second kappa shape index (κ2) is 50.3. The molecule has 10 heterocycles. The lowest BCUT2D eigenvalue weighted by Gasteiger charge is -2.19. The molecule has 0 aliphatic heterocycles. The SMILES string of the molecule is CC(C)CCCc1cc(Cl)c(F)c(-c2cc3cn(-c4ccc(CN[C@H](CCN=C(N)N)CNc5cccnc5)cc4)c(=O)nc3[nH]2)c1.CC(C)CCCc1cc(Cl)c(F)c(-c2cc3cn(-c4ccc(CN[C@H](CCN=C(N)N)CNc5nc6cnccc6o5)cc4)c(=O)nc3[nH]2)c1.Cc1nc(NC[C@@H](CCN=C(N)N)NCc2ccc(-n3cc4cc(-c5cc(CCCC(C)C)cc(Cl)c5F)[nH]c4nc3=O)cc2)n[nH]1. The maximum absolute atomic E-state index is 15.2. The van der Waals surface area contributed by atoms with E-state index in [1.54, 1.807) is 85.8 Å². The third kappa shape index (κ3) is 29.7. The van der Waals surface area contributed by atoms with Crippen LogP contribution in [0.4, 0.5) is 30.8 Å². The largest absolute Gasteiger partial charge is 0.423 e. The van der Waals surface area contributed by atoms with E-state index in [1.807, 2.05) is 110 Å². The van der Waals surface area contributed by atoms with Gasteiger partial charge in [-0.3, -0.25) is 43.7 Å². The Labute approximate surface area is 845 Å². The zero-order valence-corrected chi connectivity index (χ0v) is 83.6. The molecule has 0 saturated carbocycles. The summed E-state index contributed by atoms with van der Waals surface area (Å²) in [6.45, 7) is 19.8. The molecule has 16 aromatic rings. The topological polar surface area (TPSA) is 511 Å². The van der Waals surface area contributed by atoms with Gasteiger partial charge in [0, 0.05) is 153 Å². The molecule has 0 bridgehead atoms. The minimum atomic E-state index is -0.511. The summed E-state index contributed by atoms with van der Waals surface area (Å²) >= 11 is 18.9. The van der Waals surface area contributed by atoms with Gasteiger partial charge in [-0.2, -0.15) is 24.9 Å². The Hall–Kier alpha value is -14.8. The Kier molecular flexibility index (Phi) is 36.7. The van der Waals surface area contributed by atoms with Crippen molar-refractivity contribution in [3.8, 4) is 50.8 Å². The summed E-state index contributed by atoms with van der Waals surface area (Å²) in [5, 5.41) is 29.6. The van der Waals surface area contributed by atoms with Crippen molar-refractivity contribution in [3.63, 3.8) is 0 Å². The van der Waals surface area contributed by atoms with E-state index < -0.39 is 34.5 Å². The van der Waals surface area contributed by atoms with Crippen LogP contribution >= 0.6 is 34.8 Å². The first-order valence-corrected chi connectivity index (χ1v) is 49.2. The van der Waals surface area contributed by atoms with Gasteiger partial charge in [0.2, 0.25) is 5.95 Å². The molecule has 0 saturated heterocycles. The number of aryl methyl sites for hydroxylation is 4. The van der Waals surface area contributed by atoms with Gasteiger partial charge >= 0.3 is 17.1 Å². The second-order valence-electron chi connectivity index (χ2n) is 36.8. The zero-order valence-electron chi connectivity index (χ0n) is 81.3. The van der Waals surface area contributed by atoms with Gasteiger partial charge in [0.15, 0.2) is 40.9 Å². The average Bonchev–Trinajstić information content (AvgIpc) is 1.64. The predicted molar refractivity (Wildman–Crippen MR) is 570 cm³/mol. The van der Waals surface area contributed by atoms with Crippen LogP contribution in [0.2, 0.25) is 15.1 Å². The molecule has 0 unspecified atom stereocenters. The molecule has 3 atom stereocenters. The minimum Gasteiger partial charge on any atom is -0.423 e. The molecule has 754 valence electrons. The number of anilines is 3. The third-order valence-corrected chi connectivity index (χ3v) is 25.0. The summed E-state index contributed by atoms with van der Waals surface area (Å²) in [6.07, 6.45) is 22.6. The summed E-state index contributed by atoms with van der Waals surface area (Å²) in [6, 6.07) is 44.9. The van der Waals surface area contributed by atoms with Crippen molar-refractivity contribution in [2.45, 2.75) is 163 Å². The van der Waals surface area contributed by atoms with Gasteiger partial charge in [0.05, 0.1) is 61.1 Å². The van der Waals surface area contributed by atoms with E-state index in [9.17, 15) is 14.4 Å². The van der Waals surface area contributed by atoms with E-state index in [-0.39, 0.29) is 51.1 Å². The fourth-order valence-electron chi connectivity index (χ4n) is 16.5. The van der Waals surface area contributed by atoms with Crippen LogP contribution in [0.25, 0.3) is 95.0 Å². The number of aromatic nitrogens is 15. The highest BCUT2D eigenvalue weighted by Gasteiger charge is 2.23. The summed E-state index contributed by atoms with van der Waals surface area (Å²) in [5.74, 6) is 1.65. The minimum absolute atomic E-state index is 0.0223. The molecule has 16 rings (SSSR count). The number of aromatic amines is 4. The quantitative estimate of drug-likeness (QED) is 0.0124. The number of nitrogens with zero attached hydrogens (tertiary/aromatic N) is 14. The lowest BCUT2D eigenvalue weighted by Crippen LogP contribution is -2.36. The van der Waals surface area contributed by atoms with Crippen molar-refractivity contribution in [1.82, 2.24) is 89.7 Å². The molecule has 144 heavy (non-hydrogen) atoms. The maximum Gasteiger partial charge on any atom is 0.354 e. The molecular weight excluding hydrogens is 1900 g/mol. The first kappa shape index (κ1) is 105. The third-order valence-electron chi connectivity index (χ3n) is 24.2. The number of benzene rings is 6. The van der Waals surface area contributed by atoms with Crippen LogP contribution in [0, 0.1) is 42.1 Å². The van der Waals surface area contributed by atoms with Crippen molar-refractivity contribution >= 4 is 115 Å². The molecule has 40 heteroatoms. The molecule has 22 N–H and O–H groups in total. The molecule has 10 aromatic heterocycles. The van der Waals surface area contributed by atoms with E-state index in [1.165, 1.54) is 13.7 Å². The van der Waals surface area contributed by atoms with Crippen LogP contribution in [0.15, 0.2) is 223 Å². The lowest BCUT2D eigenvalue weighted by molar-refractivity contribution is 0.495. The van der Waals surface area contributed by atoms with Gasteiger partial charge in [0.1, 0.15) is 28.3 Å². The van der Waals surface area contributed by atoms with Crippen molar-refractivity contribution in [3.05, 3.63) is 292 Å². The lowest BCUT2D eigenvalue weighted by atomic mass is 10.00. The van der Waals surface area contributed by atoms with E-state index in [2.05, 4.69) is 148 Å². The van der Waals surface area contributed by atoms with E-state index in [0.717, 1.165) is 109 Å². The number of aliphatic imine (C=N–C) groups is 3. The Balaban J connectivity index is 0.000000171. The number of hydrogen-bond acceptors (Lipinski definition) is 21. The summed E-state index contributed by atoms with van der Waals surface area (Å²) in [7, 11) is 0. The first-order valence-electron chi connectivity index (χ1n) is 48.0. The van der Waals surface area contributed by atoms with Crippen molar-refractivity contribution in [1.29, 1.82) is 0 Å². The molecule has 0 fully saturated rings. The van der Waals surface area contributed by atoms with Crippen LogP contribution in [-0.4, -0.2) is 149 Å². The Morgan fingerprint density at radius 1 is 0.431 bits per heavy atom. The van der Waals surface area contributed by atoms with Gasteiger partial charge < -0.3 is 85.7 Å². The fraction of sp³-hybridized carbons (Fsp3) is 0.327. The van der Waals surface area contributed by atoms with E-state index >= 15 is 13.2 Å². The number of pyridine rings is 2. The van der Waals surface area contributed by atoms with Crippen molar-refractivity contribution < 1.29 is 17.6 Å². The maximum atomic E-state index is 15.2. The standard InChI is InChI=1S/C36H40ClFN10O2.C35H41ClFN9O.C33H41ClFN11O/c1-21(2)4-3-5-23-14-27(32(38)28(37)15-23)29-16-24-20-48(36(49)47-33(24)45-29)26-8-6-22(7-9-26)17-43-25(10-13-42-34(39)40)18-44-35-46-30-19-41-12-11-31(30)50-35;1-22(2)5-3-6-24-15-29(32(37)30(36)16-24)31-17-25-21-46(35(47)45-33(25)44-31)28-10-8-23(9-11-28)18-42-27(12-14-41-34(38)39)20-43-26-7-4-13-40-19-26;1-19(2)5-4-6-22-13-26(29(35)27(34)14-22)28-15-23-18-46(33(47)43-30(23)42-28)25-9-7-21(8-10-25)16-39-24(11-12-38-31(36)37)17-40-32-41-20(3)44-45-32/h6-9,11-12,14-16,19-21,25,43H,3-5,10,13,17-18H2,1-2H3,(H,44,46)(H4,39,40,42)(H,45,47,49);4,7-11,13,15-17,19,21-22,27,42-43H,3,5-6,12,14,18,20H2,1-2H3,(H4,38,39,41)(H,44,45,47);7-10,13-15,18-19,24,39H,4-6,11-12,16-17H2,1-3H3,(H4,36,37,38)(H,42,43,47)(H2,40,41,44,45)/t25-;27-;24-/m111/s1. The number of nitrogens with one attached hydrogen (secondary N) is 10. The van der Waals surface area contributed by atoms with Gasteiger partial charge in [-0.15, -0.1) is 5.10 Å². The van der Waals surface area contributed by atoms with Gasteiger partial charge in [-0.05, 0) is 219 Å². The number of fused-ring (bicyclic) bond motifs is 4. The second-order valence-corrected chi connectivity index (χ2v) is 38.0. The number of rotatable bonds is 45. The van der Waals surface area contributed by atoms with Crippen LogP contribution in [-0.2, 0) is 38.9 Å². The molecule has 6 aromatic carbocycles. The van der Waals surface area contributed by atoms with Gasteiger partial charge in [-0.1, -0.05) is 132 Å². The van der Waals surface area contributed by atoms with E-state index in [4.69, 9.17) is 73.6 Å².